The molecule has 2 N–H and O–H groups in total. The maximum atomic E-state index is 13.2. The van der Waals surface area contributed by atoms with Gasteiger partial charge in [0.15, 0.2) is 0 Å². The summed E-state index contributed by atoms with van der Waals surface area (Å²) in [6.45, 7) is 0. The van der Waals surface area contributed by atoms with Crippen molar-refractivity contribution in [3.05, 3.63) is 52.2 Å². The largest absolute Gasteiger partial charge is 0.320 e. The molecule has 2 aromatic heterocycles. The van der Waals surface area contributed by atoms with Gasteiger partial charge < -0.3 is 5.73 Å². The number of rotatable bonds is 2. The maximum absolute atomic E-state index is 13.2. The van der Waals surface area contributed by atoms with E-state index >= 15 is 0 Å². The van der Waals surface area contributed by atoms with Gasteiger partial charge in [-0.05, 0) is 28.5 Å². The molecule has 0 saturated carbocycles. The lowest BCUT2D eigenvalue weighted by atomic mass is 10.0. The highest BCUT2D eigenvalue weighted by molar-refractivity contribution is 7.08. The molecular weight excluding hydrogens is 235 g/mol. The summed E-state index contributed by atoms with van der Waals surface area (Å²) >= 11 is 1.55. The van der Waals surface area contributed by atoms with E-state index in [2.05, 4.69) is 4.98 Å². The molecule has 0 fully saturated rings. The third kappa shape index (κ3) is 2.53. The molecule has 0 aromatic carbocycles. The zero-order valence-corrected chi connectivity index (χ0v) is 9.39. The predicted molar refractivity (Wildman–Crippen MR) is 61.8 cm³/mol. The van der Waals surface area contributed by atoms with E-state index in [4.69, 9.17) is 5.73 Å². The van der Waals surface area contributed by atoms with Crippen LogP contribution >= 0.6 is 23.7 Å². The van der Waals surface area contributed by atoms with Gasteiger partial charge >= 0.3 is 0 Å². The van der Waals surface area contributed by atoms with Crippen LogP contribution < -0.4 is 5.73 Å². The molecule has 15 heavy (non-hydrogen) atoms. The van der Waals surface area contributed by atoms with Crippen LogP contribution in [0, 0.1) is 5.95 Å². The van der Waals surface area contributed by atoms with E-state index < -0.39 is 12.0 Å². The van der Waals surface area contributed by atoms with Gasteiger partial charge in [0.2, 0.25) is 5.95 Å². The van der Waals surface area contributed by atoms with Gasteiger partial charge in [0.1, 0.15) is 0 Å². The Bertz CT molecular complexity index is 419. The molecule has 5 heteroatoms. The fraction of sp³-hybridized carbons (Fsp3) is 0.100. The standard InChI is InChI=1S/C10H9FN2S.ClH/c11-10-8(2-1-4-13-10)9(12)7-3-5-14-6-7;/h1-6,9H,12H2;1H/t9-;/m0./s1. The number of nitrogens with two attached hydrogens (primary N) is 1. The average molecular weight is 245 g/mol. The van der Waals surface area contributed by atoms with E-state index in [1.54, 1.807) is 23.5 Å². The van der Waals surface area contributed by atoms with Crippen LogP contribution in [0.1, 0.15) is 17.2 Å². The van der Waals surface area contributed by atoms with E-state index in [0.29, 0.717) is 5.56 Å². The number of nitrogens with zero attached hydrogens (tertiary/aromatic N) is 1. The smallest absolute Gasteiger partial charge is 0.217 e. The minimum atomic E-state index is -0.494. The second-order valence-corrected chi connectivity index (χ2v) is 3.70. The minimum absolute atomic E-state index is 0. The molecule has 0 aliphatic heterocycles. The van der Waals surface area contributed by atoms with Crippen LogP contribution in [-0.4, -0.2) is 4.98 Å². The third-order valence-electron chi connectivity index (χ3n) is 2.03. The highest BCUT2D eigenvalue weighted by Crippen LogP contribution is 2.22. The Labute approximate surface area is 97.4 Å². The lowest BCUT2D eigenvalue weighted by Crippen LogP contribution is -2.13. The molecule has 0 aliphatic carbocycles. The Hall–Kier alpha value is -0.970. The van der Waals surface area contributed by atoms with Crippen LogP contribution in [0.2, 0.25) is 0 Å². The molecular formula is C10H10ClFN2S. The molecule has 0 radical (unpaired) electrons. The van der Waals surface area contributed by atoms with Gasteiger partial charge in [-0.3, -0.25) is 0 Å². The Morgan fingerprint density at radius 2 is 2.20 bits per heavy atom. The van der Waals surface area contributed by atoms with Crippen molar-refractivity contribution in [2.75, 3.05) is 0 Å². The van der Waals surface area contributed by atoms with Crippen molar-refractivity contribution in [2.45, 2.75) is 6.04 Å². The highest BCUT2D eigenvalue weighted by atomic mass is 35.5. The van der Waals surface area contributed by atoms with E-state index in [1.165, 1.54) is 6.20 Å². The van der Waals surface area contributed by atoms with Crippen LogP contribution in [0.4, 0.5) is 4.39 Å². The molecule has 2 rings (SSSR count). The van der Waals surface area contributed by atoms with Gasteiger partial charge in [-0.25, -0.2) is 4.98 Å². The molecule has 0 bridgehead atoms. The fourth-order valence-electron chi connectivity index (χ4n) is 1.26. The quantitative estimate of drug-likeness (QED) is 0.825. The summed E-state index contributed by atoms with van der Waals surface area (Å²) in [5, 5.41) is 3.83. The predicted octanol–water partition coefficient (Wildman–Crippen LogP) is 2.75. The fourth-order valence-corrected chi connectivity index (χ4v) is 1.96. The topological polar surface area (TPSA) is 38.9 Å². The summed E-state index contributed by atoms with van der Waals surface area (Å²) in [6.07, 6.45) is 1.42. The van der Waals surface area contributed by atoms with Gasteiger partial charge in [0.05, 0.1) is 6.04 Å². The van der Waals surface area contributed by atoms with E-state index in [-0.39, 0.29) is 12.4 Å². The van der Waals surface area contributed by atoms with Gasteiger partial charge in [0, 0.05) is 11.8 Å². The second kappa shape index (κ2) is 5.21. The summed E-state index contributed by atoms with van der Waals surface area (Å²) in [5.74, 6) is -0.494. The molecule has 2 aromatic rings. The first kappa shape index (κ1) is 12.1. The second-order valence-electron chi connectivity index (χ2n) is 2.92. The lowest BCUT2D eigenvalue weighted by molar-refractivity contribution is 0.558. The van der Waals surface area contributed by atoms with Crippen molar-refractivity contribution in [3.8, 4) is 0 Å². The molecule has 0 aliphatic rings. The first-order valence-corrected chi connectivity index (χ1v) is 5.11. The Kier molecular flexibility index (Phi) is 4.20. The zero-order chi connectivity index (χ0) is 9.97. The molecule has 1 atom stereocenters. The van der Waals surface area contributed by atoms with Crippen molar-refractivity contribution in [1.29, 1.82) is 0 Å². The summed E-state index contributed by atoms with van der Waals surface area (Å²) in [6, 6.07) is 4.81. The Morgan fingerprint density at radius 3 is 2.80 bits per heavy atom. The molecule has 80 valence electrons. The summed E-state index contributed by atoms with van der Waals surface area (Å²) in [5.41, 5.74) is 7.24. The van der Waals surface area contributed by atoms with Crippen LogP contribution in [0.25, 0.3) is 0 Å². The summed E-state index contributed by atoms with van der Waals surface area (Å²) in [7, 11) is 0. The van der Waals surface area contributed by atoms with Gasteiger partial charge in [-0.1, -0.05) is 6.07 Å². The molecule has 0 unspecified atom stereocenters. The molecule has 0 spiro atoms. The number of halogens is 2. The first-order valence-electron chi connectivity index (χ1n) is 4.17. The lowest BCUT2D eigenvalue weighted by Gasteiger charge is -2.09. The minimum Gasteiger partial charge on any atom is -0.320 e. The SMILES string of the molecule is Cl.N[C@@H](c1ccsc1)c1cccnc1F. The molecule has 0 amide bonds. The number of aromatic nitrogens is 1. The monoisotopic (exact) mass is 244 g/mol. The average Bonchev–Trinajstić information content (AvgIpc) is 2.70. The maximum Gasteiger partial charge on any atom is 0.217 e. The van der Waals surface area contributed by atoms with Crippen LogP contribution in [0.3, 0.4) is 0 Å². The van der Waals surface area contributed by atoms with Crippen molar-refractivity contribution in [2.24, 2.45) is 5.73 Å². The van der Waals surface area contributed by atoms with Gasteiger partial charge in [-0.15, -0.1) is 12.4 Å². The summed E-state index contributed by atoms with van der Waals surface area (Å²) < 4.78 is 13.2. The van der Waals surface area contributed by atoms with Crippen LogP contribution in [-0.2, 0) is 0 Å². The van der Waals surface area contributed by atoms with E-state index in [1.807, 2.05) is 16.8 Å². The van der Waals surface area contributed by atoms with Crippen LogP contribution in [0.15, 0.2) is 35.2 Å². The van der Waals surface area contributed by atoms with Crippen molar-refractivity contribution >= 4 is 23.7 Å². The first-order chi connectivity index (χ1) is 6.79. The van der Waals surface area contributed by atoms with E-state index in [9.17, 15) is 4.39 Å². The normalized spacial score (nSPS) is 11.9. The third-order valence-corrected chi connectivity index (χ3v) is 2.73. The molecule has 2 heterocycles. The molecule has 2 nitrogen and oxygen atoms in total. The number of thiophene rings is 1. The summed E-state index contributed by atoms with van der Waals surface area (Å²) in [4.78, 5) is 3.57. The number of hydrogen-bond donors (Lipinski definition) is 1. The van der Waals surface area contributed by atoms with Crippen molar-refractivity contribution in [1.82, 2.24) is 4.98 Å². The van der Waals surface area contributed by atoms with E-state index in [0.717, 1.165) is 5.56 Å². The number of pyridine rings is 1. The highest BCUT2D eigenvalue weighted by Gasteiger charge is 2.13. The van der Waals surface area contributed by atoms with Crippen molar-refractivity contribution < 1.29 is 4.39 Å². The number of hydrogen-bond acceptors (Lipinski definition) is 3. The Balaban J connectivity index is 0.00000112. The van der Waals surface area contributed by atoms with Crippen LogP contribution in [0.5, 0.6) is 0 Å². The van der Waals surface area contributed by atoms with Crippen molar-refractivity contribution in [3.63, 3.8) is 0 Å². The Morgan fingerprint density at radius 1 is 1.40 bits per heavy atom. The zero-order valence-electron chi connectivity index (χ0n) is 7.76. The molecule has 0 saturated heterocycles. The van der Waals surface area contributed by atoms with Gasteiger partial charge in [0.25, 0.3) is 0 Å². The van der Waals surface area contributed by atoms with Gasteiger partial charge in [-0.2, -0.15) is 15.7 Å².